The summed E-state index contributed by atoms with van der Waals surface area (Å²) in [4.78, 5) is 0. The van der Waals surface area contributed by atoms with Crippen molar-refractivity contribution < 1.29 is 5.11 Å². The average molecular weight is 247 g/mol. The molecule has 0 spiro atoms. The van der Waals surface area contributed by atoms with Gasteiger partial charge in [-0.1, -0.05) is 35.9 Å². The van der Waals surface area contributed by atoms with E-state index >= 15 is 0 Å². The van der Waals surface area contributed by atoms with Crippen LogP contribution < -0.4 is 0 Å². The summed E-state index contributed by atoms with van der Waals surface area (Å²) in [5.41, 5.74) is 4.00. The lowest BCUT2D eigenvalue weighted by Gasteiger charge is -2.16. The molecule has 3 rings (SSSR count). The summed E-state index contributed by atoms with van der Waals surface area (Å²) in [6.07, 6.45) is 2.60. The van der Waals surface area contributed by atoms with Crippen molar-refractivity contribution in [2.24, 2.45) is 0 Å². The highest BCUT2D eigenvalue weighted by Crippen LogP contribution is 2.21. The number of benzene rings is 2. The van der Waals surface area contributed by atoms with E-state index in [2.05, 4.69) is 24.3 Å². The van der Waals surface area contributed by atoms with E-state index in [9.17, 15) is 0 Å². The standard InChI is InChI=1S/C8H8.C7H7ClO/c1-2-4-8-6-5-7(8)3-1;1-5-4-6(9)2-3-7(5)8/h1-4H,5-6H2;2-4,9H,1H3. The lowest BCUT2D eigenvalue weighted by molar-refractivity contribution is 0.475. The summed E-state index contributed by atoms with van der Waals surface area (Å²) in [5, 5.41) is 9.57. The molecule has 88 valence electrons. The fourth-order valence-electron chi connectivity index (χ4n) is 1.77. The van der Waals surface area contributed by atoms with Crippen LogP contribution in [0.25, 0.3) is 0 Å². The number of halogens is 1. The molecule has 0 aliphatic heterocycles. The topological polar surface area (TPSA) is 20.2 Å². The molecular formula is C15H15ClO. The van der Waals surface area contributed by atoms with Gasteiger partial charge in [-0.2, -0.15) is 0 Å². The fraction of sp³-hybridized carbons (Fsp3) is 0.200. The number of phenols is 1. The quantitative estimate of drug-likeness (QED) is 0.741. The monoisotopic (exact) mass is 246 g/mol. The van der Waals surface area contributed by atoms with Crippen molar-refractivity contribution in [1.29, 1.82) is 0 Å². The maximum atomic E-state index is 8.88. The Morgan fingerprint density at radius 1 is 1.00 bits per heavy atom. The van der Waals surface area contributed by atoms with Gasteiger partial charge in [0.05, 0.1) is 0 Å². The van der Waals surface area contributed by atoms with Crippen molar-refractivity contribution in [3.63, 3.8) is 0 Å². The first-order chi connectivity index (χ1) is 8.16. The zero-order valence-electron chi connectivity index (χ0n) is 9.78. The summed E-state index contributed by atoms with van der Waals surface area (Å²) in [6.45, 7) is 1.85. The zero-order chi connectivity index (χ0) is 12.3. The van der Waals surface area contributed by atoms with E-state index in [1.54, 1.807) is 29.3 Å². The molecule has 0 bridgehead atoms. The molecule has 1 aliphatic carbocycles. The van der Waals surface area contributed by atoms with Crippen LogP contribution in [-0.4, -0.2) is 5.11 Å². The molecule has 1 nitrogen and oxygen atoms in total. The number of phenolic OH excluding ortho intramolecular Hbond substituents is 1. The lowest BCUT2D eigenvalue weighted by atomic mass is 9.89. The third-order valence-electron chi connectivity index (χ3n) is 2.92. The fourth-order valence-corrected chi connectivity index (χ4v) is 1.88. The van der Waals surface area contributed by atoms with Gasteiger partial charge in [0, 0.05) is 5.02 Å². The largest absolute Gasteiger partial charge is 0.508 e. The molecule has 0 amide bonds. The van der Waals surface area contributed by atoms with Gasteiger partial charge in [-0.15, -0.1) is 0 Å². The van der Waals surface area contributed by atoms with E-state index < -0.39 is 0 Å². The van der Waals surface area contributed by atoms with Crippen LogP contribution >= 0.6 is 11.6 Å². The Kier molecular flexibility index (Phi) is 3.70. The van der Waals surface area contributed by atoms with Crippen LogP contribution in [0, 0.1) is 6.92 Å². The Labute approximate surface area is 107 Å². The maximum Gasteiger partial charge on any atom is 0.115 e. The van der Waals surface area contributed by atoms with Crippen LogP contribution in [0.5, 0.6) is 5.75 Å². The highest BCUT2D eigenvalue weighted by molar-refractivity contribution is 6.31. The highest BCUT2D eigenvalue weighted by atomic mass is 35.5. The first kappa shape index (κ1) is 12.0. The first-order valence-corrected chi connectivity index (χ1v) is 6.06. The molecule has 0 aromatic heterocycles. The van der Waals surface area contributed by atoms with E-state index in [1.807, 2.05) is 6.92 Å². The number of rotatable bonds is 0. The predicted octanol–water partition coefficient (Wildman–Crippen LogP) is 4.14. The van der Waals surface area contributed by atoms with Gasteiger partial charge in [0.15, 0.2) is 0 Å². The van der Waals surface area contributed by atoms with Crippen LogP contribution in [0.1, 0.15) is 16.7 Å². The minimum Gasteiger partial charge on any atom is -0.508 e. The summed E-state index contributed by atoms with van der Waals surface area (Å²) in [7, 11) is 0. The van der Waals surface area contributed by atoms with Gasteiger partial charge in [0.1, 0.15) is 5.75 Å². The van der Waals surface area contributed by atoms with Gasteiger partial charge in [-0.25, -0.2) is 0 Å². The van der Waals surface area contributed by atoms with E-state index in [-0.39, 0.29) is 5.75 Å². The van der Waals surface area contributed by atoms with Crippen molar-refractivity contribution in [2.45, 2.75) is 19.8 Å². The second-order valence-electron chi connectivity index (χ2n) is 4.20. The van der Waals surface area contributed by atoms with Gasteiger partial charge in [0.2, 0.25) is 0 Å². The predicted molar refractivity (Wildman–Crippen MR) is 71.7 cm³/mol. The Balaban J connectivity index is 0.000000127. The molecule has 0 heterocycles. The van der Waals surface area contributed by atoms with Crippen LogP contribution in [0.15, 0.2) is 42.5 Å². The minimum atomic E-state index is 0.261. The van der Waals surface area contributed by atoms with Crippen molar-refractivity contribution >= 4 is 11.6 Å². The molecule has 0 saturated carbocycles. The molecule has 2 aromatic rings. The normalized spacial score (nSPS) is 11.9. The van der Waals surface area contributed by atoms with Crippen LogP contribution in [0.4, 0.5) is 0 Å². The summed E-state index contributed by atoms with van der Waals surface area (Å²) in [5.74, 6) is 0.261. The highest BCUT2D eigenvalue weighted by Gasteiger charge is 2.09. The molecule has 0 radical (unpaired) electrons. The third kappa shape index (κ3) is 3.01. The molecule has 2 heteroatoms. The lowest BCUT2D eigenvalue weighted by Crippen LogP contribution is -2.06. The van der Waals surface area contributed by atoms with Gasteiger partial charge in [-0.3, -0.25) is 0 Å². The van der Waals surface area contributed by atoms with Crippen LogP contribution in [0.3, 0.4) is 0 Å². The number of aromatic hydroxyl groups is 1. The average Bonchev–Trinajstić information content (AvgIpc) is 2.27. The molecule has 2 aromatic carbocycles. The Morgan fingerprint density at radius 3 is 1.94 bits per heavy atom. The van der Waals surface area contributed by atoms with Gasteiger partial charge in [0.25, 0.3) is 0 Å². The Bertz CT molecular complexity index is 497. The SMILES string of the molecule is Cc1cc(O)ccc1Cl.c1ccc2c(c1)CC2. The molecular weight excluding hydrogens is 232 g/mol. The van der Waals surface area contributed by atoms with E-state index in [0.29, 0.717) is 5.02 Å². The first-order valence-electron chi connectivity index (χ1n) is 5.69. The molecule has 0 unspecified atom stereocenters. The van der Waals surface area contributed by atoms with Crippen molar-refractivity contribution in [3.05, 3.63) is 64.2 Å². The van der Waals surface area contributed by atoms with Crippen LogP contribution in [0.2, 0.25) is 5.02 Å². The molecule has 1 aliphatic rings. The second kappa shape index (κ2) is 5.24. The molecule has 0 saturated heterocycles. The third-order valence-corrected chi connectivity index (χ3v) is 3.35. The maximum absolute atomic E-state index is 8.88. The molecule has 17 heavy (non-hydrogen) atoms. The van der Waals surface area contributed by atoms with Gasteiger partial charge >= 0.3 is 0 Å². The molecule has 0 fully saturated rings. The van der Waals surface area contributed by atoms with E-state index in [4.69, 9.17) is 16.7 Å². The van der Waals surface area contributed by atoms with Gasteiger partial charge < -0.3 is 5.11 Å². The van der Waals surface area contributed by atoms with Crippen molar-refractivity contribution in [1.82, 2.24) is 0 Å². The Hall–Kier alpha value is -1.47. The number of fused-ring (bicyclic) bond motifs is 1. The summed E-state index contributed by atoms with van der Waals surface area (Å²) < 4.78 is 0. The number of hydrogen-bond donors (Lipinski definition) is 1. The second-order valence-corrected chi connectivity index (χ2v) is 4.61. The molecule has 0 atom stereocenters. The molecule has 1 N–H and O–H groups in total. The smallest absolute Gasteiger partial charge is 0.115 e. The Morgan fingerprint density at radius 2 is 1.59 bits per heavy atom. The van der Waals surface area contributed by atoms with Crippen LogP contribution in [-0.2, 0) is 12.8 Å². The minimum absolute atomic E-state index is 0.261. The van der Waals surface area contributed by atoms with Gasteiger partial charge in [-0.05, 0) is 54.7 Å². The van der Waals surface area contributed by atoms with Crippen molar-refractivity contribution in [3.8, 4) is 5.75 Å². The van der Waals surface area contributed by atoms with Crippen molar-refractivity contribution in [2.75, 3.05) is 0 Å². The van der Waals surface area contributed by atoms with E-state index in [0.717, 1.165) is 5.56 Å². The summed E-state index contributed by atoms with van der Waals surface area (Å²) in [6, 6.07) is 13.5. The van der Waals surface area contributed by atoms with E-state index in [1.165, 1.54) is 12.8 Å². The number of aryl methyl sites for hydroxylation is 3. The summed E-state index contributed by atoms with van der Waals surface area (Å²) >= 11 is 5.67. The number of hydrogen-bond acceptors (Lipinski definition) is 1. The zero-order valence-corrected chi connectivity index (χ0v) is 10.5.